The van der Waals surface area contributed by atoms with Gasteiger partial charge in [0.15, 0.2) is 0 Å². The summed E-state index contributed by atoms with van der Waals surface area (Å²) in [6, 6.07) is 6.26. The van der Waals surface area contributed by atoms with Crippen LogP contribution in [0.5, 0.6) is 5.75 Å². The average molecular weight is 334 g/mol. The second-order valence-corrected chi connectivity index (χ2v) is 5.65. The molecule has 2 rings (SSSR count). The topological polar surface area (TPSA) is 24.5 Å². The van der Waals surface area contributed by atoms with Crippen LogP contribution in [0.4, 0.5) is 0 Å². The van der Waals surface area contributed by atoms with Crippen LogP contribution >= 0.6 is 27.5 Å². The molecule has 1 aliphatic rings. The summed E-state index contributed by atoms with van der Waals surface area (Å²) in [5.74, 6) is 0.849. The zero-order valence-electron chi connectivity index (χ0n) is 10.5. The van der Waals surface area contributed by atoms with Crippen LogP contribution in [0.15, 0.2) is 22.7 Å². The Labute approximate surface area is 122 Å². The first-order valence-corrected chi connectivity index (χ1v) is 7.40. The van der Waals surface area contributed by atoms with Gasteiger partial charge in [-0.25, -0.2) is 0 Å². The minimum absolute atomic E-state index is 0.673. The van der Waals surface area contributed by atoms with Crippen LogP contribution in [-0.2, 0) is 0 Å². The lowest BCUT2D eigenvalue weighted by Crippen LogP contribution is -2.57. The number of likely N-dealkylation sites (N-methyl/N-ethyl adjacent to an activating group) is 1. The number of hydrogen-bond acceptors (Lipinski definition) is 3. The molecule has 1 heterocycles. The molecule has 0 saturated carbocycles. The van der Waals surface area contributed by atoms with E-state index in [1.54, 1.807) is 0 Å². The van der Waals surface area contributed by atoms with Crippen molar-refractivity contribution in [3.8, 4) is 5.75 Å². The third-order valence-electron chi connectivity index (χ3n) is 3.21. The predicted molar refractivity (Wildman–Crippen MR) is 78.6 cm³/mol. The monoisotopic (exact) mass is 332 g/mol. The van der Waals surface area contributed by atoms with E-state index in [0.29, 0.717) is 17.7 Å². The Morgan fingerprint density at radius 1 is 1.50 bits per heavy atom. The molecule has 0 atom stereocenters. The maximum atomic E-state index is 5.89. The summed E-state index contributed by atoms with van der Waals surface area (Å²) in [7, 11) is 0. The SMILES string of the molecule is CCN(CCOc1ccc(Cl)cc1Br)C1CNC1. The lowest BCUT2D eigenvalue weighted by molar-refractivity contribution is 0.128. The van der Waals surface area contributed by atoms with E-state index in [2.05, 4.69) is 33.1 Å². The smallest absolute Gasteiger partial charge is 0.133 e. The van der Waals surface area contributed by atoms with E-state index < -0.39 is 0 Å². The molecule has 1 fully saturated rings. The van der Waals surface area contributed by atoms with E-state index in [0.717, 1.165) is 36.4 Å². The molecule has 5 heteroatoms. The summed E-state index contributed by atoms with van der Waals surface area (Å²) >= 11 is 9.34. The Kier molecular flexibility index (Phi) is 5.30. The molecule has 0 bridgehead atoms. The van der Waals surface area contributed by atoms with Gasteiger partial charge in [0.2, 0.25) is 0 Å². The average Bonchev–Trinajstić information content (AvgIpc) is 2.28. The summed E-state index contributed by atoms with van der Waals surface area (Å²) in [4.78, 5) is 2.44. The van der Waals surface area contributed by atoms with Crippen LogP contribution in [0.25, 0.3) is 0 Å². The van der Waals surface area contributed by atoms with Crippen molar-refractivity contribution in [2.24, 2.45) is 0 Å². The number of nitrogens with one attached hydrogen (secondary N) is 1. The van der Waals surface area contributed by atoms with Gasteiger partial charge in [0.05, 0.1) is 4.47 Å². The molecule has 18 heavy (non-hydrogen) atoms. The third-order valence-corrected chi connectivity index (χ3v) is 4.07. The van der Waals surface area contributed by atoms with Gasteiger partial charge in [0.25, 0.3) is 0 Å². The van der Waals surface area contributed by atoms with Crippen molar-refractivity contribution in [2.75, 3.05) is 32.8 Å². The number of benzene rings is 1. The molecule has 100 valence electrons. The summed E-state index contributed by atoms with van der Waals surface area (Å²) in [6.07, 6.45) is 0. The van der Waals surface area contributed by atoms with Gasteiger partial charge < -0.3 is 10.1 Å². The maximum Gasteiger partial charge on any atom is 0.133 e. The van der Waals surface area contributed by atoms with Gasteiger partial charge in [0.1, 0.15) is 12.4 Å². The molecule has 0 aromatic heterocycles. The van der Waals surface area contributed by atoms with Crippen LogP contribution in [0.1, 0.15) is 6.92 Å². The standard InChI is InChI=1S/C13H18BrClN2O/c1-2-17(11-8-16-9-11)5-6-18-13-4-3-10(15)7-12(13)14/h3-4,7,11,16H,2,5-6,8-9H2,1H3. The molecular weight excluding hydrogens is 316 g/mol. The van der Waals surface area contributed by atoms with E-state index in [1.165, 1.54) is 0 Å². The van der Waals surface area contributed by atoms with Crippen molar-refractivity contribution in [1.82, 2.24) is 10.2 Å². The highest BCUT2D eigenvalue weighted by atomic mass is 79.9. The van der Waals surface area contributed by atoms with Crippen LogP contribution in [0, 0.1) is 0 Å². The molecule has 0 aliphatic carbocycles. The largest absolute Gasteiger partial charge is 0.491 e. The number of halogens is 2. The van der Waals surface area contributed by atoms with Crippen molar-refractivity contribution in [3.63, 3.8) is 0 Å². The van der Waals surface area contributed by atoms with Gasteiger partial charge in [-0.15, -0.1) is 0 Å². The molecule has 1 aromatic carbocycles. The van der Waals surface area contributed by atoms with Crippen molar-refractivity contribution in [1.29, 1.82) is 0 Å². The van der Waals surface area contributed by atoms with E-state index in [4.69, 9.17) is 16.3 Å². The van der Waals surface area contributed by atoms with Gasteiger partial charge in [-0.1, -0.05) is 18.5 Å². The van der Waals surface area contributed by atoms with Crippen molar-refractivity contribution in [3.05, 3.63) is 27.7 Å². The van der Waals surface area contributed by atoms with Gasteiger partial charge in [-0.3, -0.25) is 4.90 Å². The second-order valence-electron chi connectivity index (χ2n) is 4.36. The number of nitrogens with zero attached hydrogens (tertiary/aromatic N) is 1. The normalized spacial score (nSPS) is 15.8. The second kappa shape index (κ2) is 6.75. The van der Waals surface area contributed by atoms with Gasteiger partial charge >= 0.3 is 0 Å². The first kappa shape index (κ1) is 14.1. The molecule has 1 aliphatic heterocycles. The molecule has 0 radical (unpaired) electrons. The Hall–Kier alpha value is -0.290. The van der Waals surface area contributed by atoms with Crippen LogP contribution in [0.2, 0.25) is 5.02 Å². The Morgan fingerprint density at radius 2 is 2.28 bits per heavy atom. The minimum Gasteiger partial charge on any atom is -0.491 e. The van der Waals surface area contributed by atoms with E-state index >= 15 is 0 Å². The molecular formula is C13H18BrClN2O. The minimum atomic E-state index is 0.673. The van der Waals surface area contributed by atoms with E-state index in [1.807, 2.05) is 18.2 Å². The van der Waals surface area contributed by atoms with Crippen molar-refractivity contribution < 1.29 is 4.74 Å². The summed E-state index contributed by atoms with van der Waals surface area (Å²) in [5.41, 5.74) is 0. The maximum absolute atomic E-state index is 5.89. The Bertz CT molecular complexity index is 399. The fourth-order valence-electron chi connectivity index (χ4n) is 2.00. The molecule has 0 amide bonds. The molecule has 3 nitrogen and oxygen atoms in total. The first-order valence-electron chi connectivity index (χ1n) is 6.23. The van der Waals surface area contributed by atoms with Crippen molar-refractivity contribution in [2.45, 2.75) is 13.0 Å². The lowest BCUT2D eigenvalue weighted by Gasteiger charge is -2.37. The zero-order chi connectivity index (χ0) is 13.0. The number of hydrogen-bond donors (Lipinski definition) is 1. The predicted octanol–water partition coefficient (Wildman–Crippen LogP) is 2.78. The lowest BCUT2D eigenvalue weighted by atomic mass is 10.1. The van der Waals surface area contributed by atoms with Crippen molar-refractivity contribution >= 4 is 27.5 Å². The molecule has 1 aromatic rings. The molecule has 0 spiro atoms. The summed E-state index contributed by atoms with van der Waals surface area (Å²) in [6.45, 7) is 7.10. The van der Waals surface area contributed by atoms with E-state index in [9.17, 15) is 0 Å². The first-order chi connectivity index (χ1) is 8.70. The number of rotatable bonds is 6. The fourth-order valence-corrected chi connectivity index (χ4v) is 2.79. The summed E-state index contributed by atoms with van der Waals surface area (Å²) in [5, 5.41) is 4.01. The highest BCUT2D eigenvalue weighted by Crippen LogP contribution is 2.27. The quantitative estimate of drug-likeness (QED) is 0.866. The highest BCUT2D eigenvalue weighted by molar-refractivity contribution is 9.10. The molecule has 1 saturated heterocycles. The van der Waals surface area contributed by atoms with Crippen LogP contribution in [0.3, 0.4) is 0 Å². The fraction of sp³-hybridized carbons (Fsp3) is 0.538. The van der Waals surface area contributed by atoms with E-state index in [-0.39, 0.29) is 0 Å². The van der Waals surface area contributed by atoms with Gasteiger partial charge in [0, 0.05) is 30.7 Å². The van der Waals surface area contributed by atoms with Gasteiger partial charge in [-0.05, 0) is 40.7 Å². The molecule has 1 N–H and O–H groups in total. The summed E-state index contributed by atoms with van der Waals surface area (Å²) < 4.78 is 6.68. The number of ether oxygens (including phenoxy) is 1. The Morgan fingerprint density at radius 3 is 2.83 bits per heavy atom. The van der Waals surface area contributed by atoms with Gasteiger partial charge in [-0.2, -0.15) is 0 Å². The highest BCUT2D eigenvalue weighted by Gasteiger charge is 2.22. The Balaban J connectivity index is 1.80. The van der Waals surface area contributed by atoms with Crippen LogP contribution < -0.4 is 10.1 Å². The molecule has 0 unspecified atom stereocenters. The third kappa shape index (κ3) is 3.60. The van der Waals surface area contributed by atoms with Crippen LogP contribution in [-0.4, -0.2) is 43.7 Å². The zero-order valence-corrected chi connectivity index (χ0v) is 12.8.